The maximum Gasteiger partial charge on any atom is 0.351 e. The fourth-order valence-corrected chi connectivity index (χ4v) is 4.20. The Bertz CT molecular complexity index is 1120. The Balaban J connectivity index is 1.45. The molecule has 0 radical (unpaired) electrons. The number of ether oxygens (including phenoxy) is 3. The normalized spacial score (nSPS) is 17.3. The SMILES string of the molecule is COc1ccc(-c2ccc3c(c2)CCn2c-3cc(OCC3CCCO3)nc2=O)cc1. The van der Waals surface area contributed by atoms with Gasteiger partial charge in [-0.1, -0.05) is 30.3 Å². The van der Waals surface area contributed by atoms with Gasteiger partial charge in [-0.2, -0.15) is 4.98 Å². The number of benzene rings is 2. The van der Waals surface area contributed by atoms with E-state index >= 15 is 0 Å². The van der Waals surface area contributed by atoms with Gasteiger partial charge in [0.25, 0.3) is 0 Å². The van der Waals surface area contributed by atoms with Crippen LogP contribution in [-0.2, 0) is 17.7 Å². The van der Waals surface area contributed by atoms with Gasteiger partial charge in [-0.25, -0.2) is 4.79 Å². The summed E-state index contributed by atoms with van der Waals surface area (Å²) < 4.78 is 18.4. The summed E-state index contributed by atoms with van der Waals surface area (Å²) in [6.45, 7) is 1.82. The van der Waals surface area contributed by atoms with Crippen molar-refractivity contribution in [1.82, 2.24) is 9.55 Å². The molecule has 0 aliphatic carbocycles. The number of aromatic nitrogens is 2. The summed E-state index contributed by atoms with van der Waals surface area (Å²) >= 11 is 0. The molecule has 0 N–H and O–H groups in total. The highest BCUT2D eigenvalue weighted by molar-refractivity contribution is 5.73. The first kappa shape index (κ1) is 18.9. The molecular weight excluding hydrogens is 380 g/mol. The zero-order valence-electron chi connectivity index (χ0n) is 17.0. The van der Waals surface area contributed by atoms with E-state index in [2.05, 4.69) is 35.3 Å². The number of aryl methyl sites for hydroxylation is 1. The molecule has 3 aromatic rings. The molecule has 1 aromatic heterocycles. The van der Waals surface area contributed by atoms with Gasteiger partial charge in [0.05, 0.1) is 18.9 Å². The van der Waals surface area contributed by atoms with Crippen LogP contribution < -0.4 is 15.2 Å². The highest BCUT2D eigenvalue weighted by Gasteiger charge is 2.21. The Labute approximate surface area is 175 Å². The van der Waals surface area contributed by atoms with Gasteiger partial charge in [0.2, 0.25) is 5.88 Å². The quantitative estimate of drug-likeness (QED) is 0.649. The molecule has 0 spiro atoms. The number of nitrogens with zero attached hydrogens (tertiary/aromatic N) is 2. The molecule has 30 heavy (non-hydrogen) atoms. The van der Waals surface area contributed by atoms with Crippen LogP contribution in [0.4, 0.5) is 0 Å². The van der Waals surface area contributed by atoms with Crippen molar-refractivity contribution in [1.29, 1.82) is 0 Å². The van der Waals surface area contributed by atoms with Crippen molar-refractivity contribution in [2.24, 2.45) is 0 Å². The van der Waals surface area contributed by atoms with Gasteiger partial charge >= 0.3 is 5.69 Å². The van der Waals surface area contributed by atoms with Gasteiger partial charge in [0, 0.05) is 24.8 Å². The first-order valence-corrected chi connectivity index (χ1v) is 10.4. The minimum Gasteiger partial charge on any atom is -0.497 e. The Morgan fingerprint density at radius 1 is 1.13 bits per heavy atom. The van der Waals surface area contributed by atoms with Crippen molar-refractivity contribution < 1.29 is 14.2 Å². The van der Waals surface area contributed by atoms with Crippen LogP contribution >= 0.6 is 0 Å². The van der Waals surface area contributed by atoms with E-state index in [-0.39, 0.29) is 11.8 Å². The molecule has 1 atom stereocenters. The Morgan fingerprint density at radius 3 is 2.73 bits per heavy atom. The lowest BCUT2D eigenvalue weighted by molar-refractivity contribution is 0.0661. The van der Waals surface area contributed by atoms with Crippen LogP contribution in [0.1, 0.15) is 18.4 Å². The van der Waals surface area contributed by atoms with Gasteiger partial charge in [0.15, 0.2) is 0 Å². The predicted molar refractivity (Wildman–Crippen MR) is 114 cm³/mol. The van der Waals surface area contributed by atoms with E-state index in [1.807, 2.05) is 18.2 Å². The molecule has 1 fully saturated rings. The Morgan fingerprint density at radius 2 is 1.97 bits per heavy atom. The minimum atomic E-state index is -0.264. The highest BCUT2D eigenvalue weighted by Crippen LogP contribution is 2.33. The van der Waals surface area contributed by atoms with E-state index < -0.39 is 0 Å². The number of fused-ring (bicyclic) bond motifs is 3. The molecule has 3 heterocycles. The lowest BCUT2D eigenvalue weighted by Gasteiger charge is -2.22. The van der Waals surface area contributed by atoms with E-state index in [0.717, 1.165) is 54.0 Å². The molecule has 6 heteroatoms. The van der Waals surface area contributed by atoms with Crippen LogP contribution in [0.3, 0.4) is 0 Å². The maximum absolute atomic E-state index is 12.6. The predicted octanol–water partition coefficient (Wildman–Crippen LogP) is 3.70. The van der Waals surface area contributed by atoms with Crippen LogP contribution in [0.15, 0.2) is 53.3 Å². The molecule has 1 unspecified atom stereocenters. The van der Waals surface area contributed by atoms with Crippen molar-refractivity contribution in [3.63, 3.8) is 0 Å². The average molecular weight is 404 g/mol. The average Bonchev–Trinajstić information content (AvgIpc) is 3.31. The number of hydrogen-bond donors (Lipinski definition) is 0. The van der Waals surface area contributed by atoms with Crippen molar-refractivity contribution in [3.8, 4) is 34.0 Å². The standard InChI is InChI=1S/C24H24N2O4/c1-28-19-7-4-16(5-8-19)17-6-9-21-18(13-17)10-11-26-22(21)14-23(25-24(26)27)30-15-20-3-2-12-29-20/h4-9,13-14,20H,2-3,10-12,15H2,1H3. The lowest BCUT2D eigenvalue weighted by Crippen LogP contribution is -2.29. The van der Waals surface area contributed by atoms with Crippen LogP contribution in [-0.4, -0.2) is 36.0 Å². The summed E-state index contributed by atoms with van der Waals surface area (Å²) in [6, 6.07) is 16.3. The minimum absolute atomic E-state index is 0.0879. The highest BCUT2D eigenvalue weighted by atomic mass is 16.5. The summed E-state index contributed by atoms with van der Waals surface area (Å²) in [4.78, 5) is 16.7. The van der Waals surface area contributed by atoms with Gasteiger partial charge in [-0.15, -0.1) is 0 Å². The van der Waals surface area contributed by atoms with Crippen molar-refractivity contribution in [2.75, 3.05) is 20.3 Å². The summed E-state index contributed by atoms with van der Waals surface area (Å²) in [5.41, 5.74) is 5.16. The smallest absolute Gasteiger partial charge is 0.351 e. The Hall–Kier alpha value is -3.12. The number of rotatable bonds is 5. The Kier molecular flexibility index (Phi) is 5.01. The molecule has 1 saturated heterocycles. The molecule has 0 amide bonds. The van der Waals surface area contributed by atoms with Crippen LogP contribution in [0.25, 0.3) is 22.4 Å². The monoisotopic (exact) mass is 404 g/mol. The second-order valence-corrected chi connectivity index (χ2v) is 7.71. The maximum atomic E-state index is 12.6. The van der Waals surface area contributed by atoms with Crippen LogP contribution in [0.5, 0.6) is 11.6 Å². The van der Waals surface area contributed by atoms with E-state index in [4.69, 9.17) is 14.2 Å². The van der Waals surface area contributed by atoms with Crippen LogP contribution in [0, 0.1) is 0 Å². The molecule has 2 aliphatic heterocycles. The second-order valence-electron chi connectivity index (χ2n) is 7.71. The number of hydrogen-bond acceptors (Lipinski definition) is 5. The zero-order chi connectivity index (χ0) is 20.5. The van der Waals surface area contributed by atoms with E-state index in [9.17, 15) is 4.79 Å². The van der Waals surface area contributed by atoms with Crippen molar-refractivity contribution >= 4 is 0 Å². The molecule has 0 saturated carbocycles. The molecule has 6 nitrogen and oxygen atoms in total. The molecule has 2 aliphatic rings. The summed E-state index contributed by atoms with van der Waals surface area (Å²) in [6.07, 6.45) is 2.92. The van der Waals surface area contributed by atoms with E-state index in [1.165, 1.54) is 5.56 Å². The van der Waals surface area contributed by atoms with Gasteiger partial charge in [-0.05, 0) is 48.1 Å². The third-order valence-corrected chi connectivity index (χ3v) is 5.84. The molecule has 0 bridgehead atoms. The molecule has 5 rings (SSSR count). The fraction of sp³-hybridized carbons (Fsp3) is 0.333. The summed E-state index contributed by atoms with van der Waals surface area (Å²) in [7, 11) is 1.67. The van der Waals surface area contributed by atoms with E-state index in [0.29, 0.717) is 19.0 Å². The zero-order valence-corrected chi connectivity index (χ0v) is 17.0. The lowest BCUT2D eigenvalue weighted by atomic mass is 9.93. The van der Waals surface area contributed by atoms with Crippen molar-refractivity contribution in [3.05, 3.63) is 64.6 Å². The summed E-state index contributed by atoms with van der Waals surface area (Å²) in [5, 5.41) is 0. The van der Waals surface area contributed by atoms with Gasteiger partial charge < -0.3 is 14.2 Å². The topological polar surface area (TPSA) is 62.6 Å². The first-order chi connectivity index (χ1) is 14.7. The van der Waals surface area contributed by atoms with Crippen LogP contribution in [0.2, 0.25) is 0 Å². The third kappa shape index (κ3) is 3.59. The van der Waals surface area contributed by atoms with Gasteiger partial charge in [0.1, 0.15) is 12.4 Å². The molecule has 154 valence electrons. The fourth-order valence-electron chi connectivity index (χ4n) is 4.20. The molecular formula is C24H24N2O4. The van der Waals surface area contributed by atoms with Gasteiger partial charge in [-0.3, -0.25) is 4.57 Å². The summed E-state index contributed by atoms with van der Waals surface area (Å²) in [5.74, 6) is 1.21. The first-order valence-electron chi connectivity index (χ1n) is 10.4. The van der Waals surface area contributed by atoms with Crippen molar-refractivity contribution in [2.45, 2.75) is 31.9 Å². The second kappa shape index (κ2) is 7.95. The largest absolute Gasteiger partial charge is 0.497 e. The number of methoxy groups -OCH3 is 1. The van der Waals surface area contributed by atoms with E-state index in [1.54, 1.807) is 11.7 Å². The molecule has 2 aromatic carbocycles. The third-order valence-electron chi connectivity index (χ3n) is 5.84.